The Morgan fingerprint density at radius 3 is 2.68 bits per heavy atom. The SMILES string of the molecule is Cc1cc(C(=O)NCC(Cl)c2ccccc2)nn1C. The highest BCUT2D eigenvalue weighted by Gasteiger charge is 2.13. The van der Waals surface area contributed by atoms with Crippen molar-refractivity contribution in [1.29, 1.82) is 0 Å². The molecular formula is C14H16ClN3O. The quantitative estimate of drug-likeness (QED) is 0.873. The number of hydrogen-bond donors (Lipinski definition) is 1. The number of nitrogens with zero attached hydrogens (tertiary/aromatic N) is 2. The van der Waals surface area contributed by atoms with E-state index in [1.165, 1.54) is 0 Å². The third kappa shape index (κ3) is 3.35. The highest BCUT2D eigenvalue weighted by molar-refractivity contribution is 6.21. The second kappa shape index (κ2) is 5.89. The fourth-order valence-corrected chi connectivity index (χ4v) is 1.95. The van der Waals surface area contributed by atoms with Crippen LogP contribution in [-0.2, 0) is 7.05 Å². The van der Waals surface area contributed by atoms with E-state index in [1.807, 2.05) is 37.3 Å². The summed E-state index contributed by atoms with van der Waals surface area (Å²) in [6.07, 6.45) is 0. The van der Waals surface area contributed by atoms with Gasteiger partial charge in [-0.1, -0.05) is 30.3 Å². The summed E-state index contributed by atoms with van der Waals surface area (Å²) in [5.74, 6) is -0.203. The topological polar surface area (TPSA) is 46.9 Å². The van der Waals surface area contributed by atoms with Crippen LogP contribution in [0.4, 0.5) is 0 Å². The molecule has 0 radical (unpaired) electrons. The van der Waals surface area contributed by atoms with E-state index in [4.69, 9.17) is 11.6 Å². The number of aryl methyl sites for hydroxylation is 2. The zero-order valence-electron chi connectivity index (χ0n) is 10.9. The van der Waals surface area contributed by atoms with Gasteiger partial charge in [0.15, 0.2) is 0 Å². The number of carbonyl (C=O) groups excluding carboxylic acids is 1. The minimum absolute atomic E-state index is 0.203. The van der Waals surface area contributed by atoms with Crippen molar-refractivity contribution in [2.45, 2.75) is 12.3 Å². The van der Waals surface area contributed by atoms with Gasteiger partial charge in [-0.3, -0.25) is 9.48 Å². The van der Waals surface area contributed by atoms with Gasteiger partial charge in [0.05, 0.1) is 5.38 Å². The summed E-state index contributed by atoms with van der Waals surface area (Å²) in [5, 5.41) is 6.67. The molecule has 100 valence electrons. The molecule has 5 heteroatoms. The van der Waals surface area contributed by atoms with Crippen molar-refractivity contribution in [3.63, 3.8) is 0 Å². The number of rotatable bonds is 4. The summed E-state index contributed by atoms with van der Waals surface area (Å²) in [6, 6.07) is 11.4. The predicted molar refractivity (Wildman–Crippen MR) is 75.3 cm³/mol. The Morgan fingerprint density at radius 1 is 1.42 bits per heavy atom. The normalized spacial score (nSPS) is 12.2. The first-order valence-corrected chi connectivity index (χ1v) is 6.49. The average molecular weight is 278 g/mol. The lowest BCUT2D eigenvalue weighted by Crippen LogP contribution is -2.27. The van der Waals surface area contributed by atoms with Crippen LogP contribution < -0.4 is 5.32 Å². The van der Waals surface area contributed by atoms with Gasteiger partial charge in [0.1, 0.15) is 5.69 Å². The first kappa shape index (κ1) is 13.6. The molecule has 2 rings (SSSR count). The van der Waals surface area contributed by atoms with Gasteiger partial charge in [0.2, 0.25) is 0 Å². The molecular weight excluding hydrogens is 262 g/mol. The lowest BCUT2D eigenvalue weighted by molar-refractivity contribution is 0.0948. The first-order valence-electron chi connectivity index (χ1n) is 6.06. The van der Waals surface area contributed by atoms with Gasteiger partial charge in [0, 0.05) is 19.3 Å². The van der Waals surface area contributed by atoms with Gasteiger partial charge in [-0.15, -0.1) is 11.6 Å². The van der Waals surface area contributed by atoms with Crippen LogP contribution in [0.25, 0.3) is 0 Å². The standard InChI is InChI=1S/C14H16ClN3O/c1-10-8-13(17-18(10)2)14(19)16-9-12(15)11-6-4-3-5-7-11/h3-8,12H,9H2,1-2H3,(H,16,19). The molecule has 1 N–H and O–H groups in total. The number of halogens is 1. The van der Waals surface area contributed by atoms with Crippen LogP contribution in [0.15, 0.2) is 36.4 Å². The van der Waals surface area contributed by atoms with Gasteiger partial charge in [-0.2, -0.15) is 5.10 Å². The maximum atomic E-state index is 11.9. The summed E-state index contributed by atoms with van der Waals surface area (Å²) >= 11 is 6.23. The third-order valence-corrected chi connectivity index (χ3v) is 3.36. The van der Waals surface area contributed by atoms with Gasteiger partial charge >= 0.3 is 0 Å². The van der Waals surface area contributed by atoms with E-state index in [0.717, 1.165) is 11.3 Å². The van der Waals surface area contributed by atoms with Gasteiger partial charge in [-0.25, -0.2) is 0 Å². The number of amides is 1. The Bertz CT molecular complexity index is 546. The second-order valence-electron chi connectivity index (χ2n) is 4.38. The smallest absolute Gasteiger partial charge is 0.271 e. The van der Waals surface area contributed by atoms with Gasteiger partial charge in [0.25, 0.3) is 5.91 Å². The Kier molecular flexibility index (Phi) is 4.22. The molecule has 4 nitrogen and oxygen atoms in total. The van der Waals surface area contributed by atoms with E-state index >= 15 is 0 Å². The first-order chi connectivity index (χ1) is 9.08. The number of carbonyl (C=O) groups is 1. The maximum absolute atomic E-state index is 11.9. The molecule has 0 bridgehead atoms. The largest absolute Gasteiger partial charge is 0.349 e. The van der Waals surface area contributed by atoms with Gasteiger partial charge in [-0.05, 0) is 18.6 Å². The number of aromatic nitrogens is 2. The van der Waals surface area contributed by atoms with Crippen LogP contribution in [0.1, 0.15) is 27.1 Å². The van der Waals surface area contributed by atoms with E-state index in [1.54, 1.807) is 17.8 Å². The summed E-state index contributed by atoms with van der Waals surface area (Å²) in [4.78, 5) is 11.9. The Hall–Kier alpha value is -1.81. The Labute approximate surface area is 117 Å². The molecule has 0 fully saturated rings. The van der Waals surface area contributed by atoms with Crippen LogP contribution in [0, 0.1) is 6.92 Å². The molecule has 0 aliphatic carbocycles. The van der Waals surface area contributed by atoms with E-state index in [0.29, 0.717) is 12.2 Å². The molecule has 1 unspecified atom stereocenters. The molecule has 19 heavy (non-hydrogen) atoms. The molecule has 0 aliphatic rings. The molecule has 0 aliphatic heterocycles. The Balaban J connectivity index is 1.94. The molecule has 1 amide bonds. The fraction of sp³-hybridized carbons (Fsp3) is 0.286. The summed E-state index contributed by atoms with van der Waals surface area (Å²) in [7, 11) is 1.81. The lowest BCUT2D eigenvalue weighted by atomic mass is 10.1. The van der Waals surface area contributed by atoms with Crippen molar-refractivity contribution in [3.05, 3.63) is 53.3 Å². The highest BCUT2D eigenvalue weighted by atomic mass is 35.5. The molecule has 1 atom stereocenters. The lowest BCUT2D eigenvalue weighted by Gasteiger charge is -2.10. The number of nitrogens with one attached hydrogen (secondary N) is 1. The zero-order chi connectivity index (χ0) is 13.8. The minimum atomic E-state index is -0.241. The number of benzene rings is 1. The maximum Gasteiger partial charge on any atom is 0.271 e. The van der Waals surface area contributed by atoms with Crippen LogP contribution >= 0.6 is 11.6 Å². The number of hydrogen-bond acceptors (Lipinski definition) is 2. The zero-order valence-corrected chi connectivity index (χ0v) is 11.7. The van der Waals surface area contributed by atoms with Crippen LogP contribution in [-0.4, -0.2) is 22.2 Å². The molecule has 0 saturated heterocycles. The van der Waals surface area contributed by atoms with E-state index < -0.39 is 0 Å². The fourth-order valence-electron chi connectivity index (χ4n) is 1.72. The van der Waals surface area contributed by atoms with Crippen LogP contribution in [0.5, 0.6) is 0 Å². The molecule has 0 spiro atoms. The predicted octanol–water partition coefficient (Wildman–Crippen LogP) is 2.44. The summed E-state index contributed by atoms with van der Waals surface area (Å²) in [5.41, 5.74) is 2.34. The van der Waals surface area contributed by atoms with Gasteiger partial charge < -0.3 is 5.32 Å². The second-order valence-corrected chi connectivity index (χ2v) is 4.91. The summed E-state index contributed by atoms with van der Waals surface area (Å²) in [6.45, 7) is 2.28. The van der Waals surface area contributed by atoms with Crippen molar-refractivity contribution in [1.82, 2.24) is 15.1 Å². The van der Waals surface area contributed by atoms with Crippen molar-refractivity contribution >= 4 is 17.5 Å². The molecule has 0 saturated carbocycles. The van der Waals surface area contributed by atoms with Crippen molar-refractivity contribution in [2.24, 2.45) is 7.05 Å². The molecule has 1 aromatic heterocycles. The van der Waals surface area contributed by atoms with E-state index in [-0.39, 0.29) is 11.3 Å². The van der Waals surface area contributed by atoms with Crippen molar-refractivity contribution < 1.29 is 4.79 Å². The van der Waals surface area contributed by atoms with Crippen molar-refractivity contribution in [2.75, 3.05) is 6.54 Å². The summed E-state index contributed by atoms with van der Waals surface area (Å²) < 4.78 is 1.67. The van der Waals surface area contributed by atoms with Crippen molar-refractivity contribution in [3.8, 4) is 0 Å². The average Bonchev–Trinajstić information content (AvgIpc) is 2.77. The Morgan fingerprint density at radius 2 is 2.11 bits per heavy atom. The highest BCUT2D eigenvalue weighted by Crippen LogP contribution is 2.18. The monoisotopic (exact) mass is 277 g/mol. The number of alkyl halides is 1. The molecule has 2 aromatic rings. The van der Waals surface area contributed by atoms with Crippen LogP contribution in [0.3, 0.4) is 0 Å². The van der Waals surface area contributed by atoms with E-state index in [9.17, 15) is 4.79 Å². The molecule has 1 aromatic carbocycles. The van der Waals surface area contributed by atoms with E-state index in [2.05, 4.69) is 10.4 Å². The molecule has 1 heterocycles. The van der Waals surface area contributed by atoms with Crippen LogP contribution in [0.2, 0.25) is 0 Å². The third-order valence-electron chi connectivity index (χ3n) is 2.95. The minimum Gasteiger partial charge on any atom is -0.349 e.